The Morgan fingerprint density at radius 2 is 2.15 bits per heavy atom. The van der Waals surface area contributed by atoms with E-state index in [2.05, 4.69) is 22.0 Å². The van der Waals surface area contributed by atoms with Gasteiger partial charge in [0.15, 0.2) is 0 Å². The van der Waals surface area contributed by atoms with Gasteiger partial charge in [-0.1, -0.05) is 19.8 Å². The number of nitrogens with zero attached hydrogens (tertiary/aromatic N) is 2. The number of aliphatic hydroxyl groups excluding tert-OH is 1. The topological polar surface area (TPSA) is 55.8 Å². The number of unbranched alkanes of at least 4 members (excludes halogenated alkanes) is 2. The largest absolute Gasteiger partial charge is 0.392 e. The predicted molar refractivity (Wildman–Crippen MR) is 81.7 cm³/mol. The third-order valence-electron chi connectivity index (χ3n) is 3.97. The molecule has 0 spiro atoms. The molecule has 0 aromatic heterocycles. The lowest BCUT2D eigenvalue weighted by Gasteiger charge is -2.31. The molecule has 3 unspecified atom stereocenters. The zero-order valence-corrected chi connectivity index (χ0v) is 13.4. The van der Waals surface area contributed by atoms with Gasteiger partial charge < -0.3 is 15.3 Å². The number of nitrogens with one attached hydrogen (secondary N) is 1. The molecule has 0 aliphatic carbocycles. The van der Waals surface area contributed by atoms with E-state index in [0.29, 0.717) is 6.54 Å². The third kappa shape index (κ3) is 5.38. The summed E-state index contributed by atoms with van der Waals surface area (Å²) in [7, 11) is 4.05. The molecule has 0 bridgehead atoms. The maximum Gasteiger partial charge on any atom is 0.237 e. The first-order valence-electron chi connectivity index (χ1n) is 7.82. The van der Waals surface area contributed by atoms with E-state index >= 15 is 0 Å². The van der Waals surface area contributed by atoms with E-state index < -0.39 is 0 Å². The predicted octanol–water partition coefficient (Wildman–Crippen LogP) is 0.678. The van der Waals surface area contributed by atoms with Crippen LogP contribution >= 0.6 is 0 Å². The summed E-state index contributed by atoms with van der Waals surface area (Å²) in [6.45, 7) is 6.33. The SMILES string of the molecule is CCCCCNC(=O)C(C)N1CC(O)CC1CN(C)C. The summed E-state index contributed by atoms with van der Waals surface area (Å²) < 4.78 is 0. The molecule has 1 rings (SSSR count). The Balaban J connectivity index is 2.46. The van der Waals surface area contributed by atoms with Crippen LogP contribution in [0.2, 0.25) is 0 Å². The minimum atomic E-state index is -0.310. The van der Waals surface area contributed by atoms with Gasteiger partial charge in [-0.2, -0.15) is 0 Å². The van der Waals surface area contributed by atoms with Gasteiger partial charge in [-0.25, -0.2) is 0 Å². The molecule has 1 aliphatic rings. The standard InChI is InChI=1S/C15H31N3O2/c1-5-6-7-8-16-15(20)12(2)18-11-14(19)9-13(18)10-17(3)4/h12-14,19H,5-11H2,1-4H3,(H,16,20). The van der Waals surface area contributed by atoms with Crippen LogP contribution in [0, 0.1) is 0 Å². The van der Waals surface area contributed by atoms with Crippen molar-refractivity contribution in [2.24, 2.45) is 0 Å². The summed E-state index contributed by atoms with van der Waals surface area (Å²) >= 11 is 0. The molecular weight excluding hydrogens is 254 g/mol. The zero-order valence-electron chi connectivity index (χ0n) is 13.4. The maximum absolute atomic E-state index is 12.2. The van der Waals surface area contributed by atoms with E-state index in [1.165, 1.54) is 0 Å². The summed E-state index contributed by atoms with van der Waals surface area (Å²) in [6.07, 6.45) is 3.80. The number of hydrogen-bond acceptors (Lipinski definition) is 4. The highest BCUT2D eigenvalue weighted by Gasteiger charge is 2.36. The van der Waals surface area contributed by atoms with Crippen molar-refractivity contribution in [1.29, 1.82) is 0 Å². The number of carbonyl (C=O) groups excluding carboxylic acids is 1. The number of hydrogen-bond donors (Lipinski definition) is 2. The van der Waals surface area contributed by atoms with E-state index in [1.54, 1.807) is 0 Å². The van der Waals surface area contributed by atoms with Gasteiger partial charge in [0.2, 0.25) is 5.91 Å². The van der Waals surface area contributed by atoms with E-state index in [0.717, 1.165) is 38.8 Å². The van der Waals surface area contributed by atoms with Crippen LogP contribution in [0.1, 0.15) is 39.5 Å². The summed E-state index contributed by atoms with van der Waals surface area (Å²) in [6, 6.07) is 0.0927. The minimum absolute atomic E-state index is 0.0824. The van der Waals surface area contributed by atoms with Crippen molar-refractivity contribution >= 4 is 5.91 Å². The van der Waals surface area contributed by atoms with Gasteiger partial charge in [-0.3, -0.25) is 9.69 Å². The molecule has 118 valence electrons. The van der Waals surface area contributed by atoms with Crippen LogP contribution in [-0.2, 0) is 4.79 Å². The van der Waals surface area contributed by atoms with Crippen LogP contribution in [0.3, 0.4) is 0 Å². The average Bonchev–Trinajstić information content (AvgIpc) is 2.73. The zero-order chi connectivity index (χ0) is 15.1. The molecule has 1 amide bonds. The number of amides is 1. The van der Waals surface area contributed by atoms with Crippen molar-refractivity contribution < 1.29 is 9.90 Å². The quantitative estimate of drug-likeness (QED) is 0.644. The fourth-order valence-corrected chi connectivity index (χ4v) is 2.88. The molecule has 0 saturated carbocycles. The minimum Gasteiger partial charge on any atom is -0.392 e. The van der Waals surface area contributed by atoms with Crippen LogP contribution in [0.5, 0.6) is 0 Å². The number of likely N-dealkylation sites (N-methyl/N-ethyl adjacent to an activating group) is 1. The first-order chi connectivity index (χ1) is 9.45. The normalized spacial score (nSPS) is 25.1. The smallest absolute Gasteiger partial charge is 0.237 e. The fourth-order valence-electron chi connectivity index (χ4n) is 2.88. The lowest BCUT2D eigenvalue weighted by Crippen LogP contribution is -2.50. The van der Waals surface area contributed by atoms with Gasteiger partial charge >= 0.3 is 0 Å². The van der Waals surface area contributed by atoms with Gasteiger partial charge in [0, 0.05) is 25.7 Å². The number of aliphatic hydroxyl groups is 1. The molecule has 20 heavy (non-hydrogen) atoms. The Hall–Kier alpha value is -0.650. The van der Waals surface area contributed by atoms with Crippen molar-refractivity contribution in [3.8, 4) is 0 Å². The molecule has 1 heterocycles. The lowest BCUT2D eigenvalue weighted by molar-refractivity contribution is -0.126. The molecule has 1 aliphatic heterocycles. The fraction of sp³-hybridized carbons (Fsp3) is 0.933. The highest BCUT2D eigenvalue weighted by molar-refractivity contribution is 5.81. The van der Waals surface area contributed by atoms with Crippen molar-refractivity contribution in [3.05, 3.63) is 0 Å². The average molecular weight is 285 g/mol. The number of carbonyl (C=O) groups is 1. The van der Waals surface area contributed by atoms with E-state index in [4.69, 9.17) is 0 Å². The summed E-state index contributed by atoms with van der Waals surface area (Å²) in [5, 5.41) is 12.9. The van der Waals surface area contributed by atoms with Crippen LogP contribution in [0.25, 0.3) is 0 Å². The van der Waals surface area contributed by atoms with E-state index in [-0.39, 0.29) is 24.1 Å². The number of β-amino-alcohol motifs (C(OH)–C–C–N with tert-alkyl or cyclic N) is 1. The van der Waals surface area contributed by atoms with Gasteiger partial charge in [0.25, 0.3) is 0 Å². The Labute approximate surface area is 123 Å². The first kappa shape index (κ1) is 17.4. The Kier molecular flexibility index (Phi) is 7.48. The molecule has 5 heteroatoms. The first-order valence-corrected chi connectivity index (χ1v) is 7.82. The molecule has 0 aromatic carbocycles. The van der Waals surface area contributed by atoms with Crippen molar-refractivity contribution in [2.75, 3.05) is 33.7 Å². The Morgan fingerprint density at radius 1 is 1.45 bits per heavy atom. The number of likely N-dealkylation sites (tertiary alicyclic amines) is 1. The van der Waals surface area contributed by atoms with Gasteiger partial charge in [-0.15, -0.1) is 0 Å². The molecule has 0 aromatic rings. The van der Waals surface area contributed by atoms with Crippen LogP contribution in [-0.4, -0.2) is 72.7 Å². The van der Waals surface area contributed by atoms with E-state index in [9.17, 15) is 9.90 Å². The van der Waals surface area contributed by atoms with Crippen LogP contribution < -0.4 is 5.32 Å². The Morgan fingerprint density at radius 3 is 2.75 bits per heavy atom. The maximum atomic E-state index is 12.2. The van der Waals surface area contributed by atoms with Gasteiger partial charge in [0.05, 0.1) is 12.1 Å². The third-order valence-corrected chi connectivity index (χ3v) is 3.97. The van der Waals surface area contributed by atoms with Crippen molar-refractivity contribution in [2.45, 2.75) is 57.7 Å². The monoisotopic (exact) mass is 285 g/mol. The molecular formula is C15H31N3O2. The van der Waals surface area contributed by atoms with E-state index in [1.807, 2.05) is 21.0 Å². The summed E-state index contributed by atoms with van der Waals surface area (Å²) in [4.78, 5) is 16.4. The molecule has 5 nitrogen and oxygen atoms in total. The summed E-state index contributed by atoms with van der Waals surface area (Å²) in [5.74, 6) is 0.0824. The number of rotatable bonds is 8. The van der Waals surface area contributed by atoms with Gasteiger partial charge in [0.1, 0.15) is 0 Å². The molecule has 1 fully saturated rings. The van der Waals surface area contributed by atoms with Crippen molar-refractivity contribution in [1.82, 2.24) is 15.1 Å². The molecule has 2 N–H and O–H groups in total. The summed E-state index contributed by atoms with van der Waals surface area (Å²) in [5.41, 5.74) is 0. The molecule has 3 atom stereocenters. The second kappa shape index (κ2) is 8.60. The highest BCUT2D eigenvalue weighted by Crippen LogP contribution is 2.21. The second-order valence-corrected chi connectivity index (χ2v) is 6.18. The van der Waals surface area contributed by atoms with Crippen LogP contribution in [0.4, 0.5) is 0 Å². The Bertz CT molecular complexity index is 297. The second-order valence-electron chi connectivity index (χ2n) is 6.18. The molecule has 0 radical (unpaired) electrons. The lowest BCUT2D eigenvalue weighted by atomic mass is 10.1. The van der Waals surface area contributed by atoms with Crippen molar-refractivity contribution in [3.63, 3.8) is 0 Å². The van der Waals surface area contributed by atoms with Crippen LogP contribution in [0.15, 0.2) is 0 Å². The van der Waals surface area contributed by atoms with Gasteiger partial charge in [-0.05, 0) is 33.9 Å². The molecule has 1 saturated heterocycles. The highest BCUT2D eigenvalue weighted by atomic mass is 16.3.